The van der Waals surface area contributed by atoms with Crippen molar-refractivity contribution in [3.63, 3.8) is 0 Å². The van der Waals surface area contributed by atoms with Crippen molar-refractivity contribution in [2.24, 2.45) is 0 Å². The van der Waals surface area contributed by atoms with Gasteiger partial charge in [0.2, 0.25) is 0 Å². The van der Waals surface area contributed by atoms with Crippen molar-refractivity contribution in [1.82, 2.24) is 0 Å². The fourth-order valence-corrected chi connectivity index (χ4v) is 6.90. The Kier molecular flexibility index (Phi) is 41.8. The predicted octanol–water partition coefficient (Wildman–Crippen LogP) is 12.6. The second-order valence-corrected chi connectivity index (χ2v) is 16.5. The Bertz CT molecular complexity index is 1010. The lowest BCUT2D eigenvalue weighted by Crippen LogP contribution is -2.29. The summed E-state index contributed by atoms with van der Waals surface area (Å²) in [6.45, 7) is 3.37. The molecule has 9 nitrogen and oxygen atoms in total. The molecule has 56 heavy (non-hydrogen) atoms. The van der Waals surface area contributed by atoms with Gasteiger partial charge in [0, 0.05) is 13.0 Å². The van der Waals surface area contributed by atoms with Gasteiger partial charge in [-0.2, -0.15) is 0 Å². The number of unbranched alkanes of at least 4 members (excludes halogenated alkanes) is 21. The first-order chi connectivity index (χ1) is 27.3. The van der Waals surface area contributed by atoms with E-state index in [-0.39, 0.29) is 13.0 Å². The number of esters is 1. The van der Waals surface area contributed by atoms with Gasteiger partial charge in [0.15, 0.2) is 0 Å². The van der Waals surface area contributed by atoms with Crippen molar-refractivity contribution in [3.8, 4) is 0 Å². The summed E-state index contributed by atoms with van der Waals surface area (Å²) in [5, 5.41) is 18.4. The Morgan fingerprint density at radius 2 is 1.02 bits per heavy atom. The number of aliphatic hydroxyl groups excluding tert-OH is 2. The maximum Gasteiger partial charge on any atom is 0.472 e. The molecule has 0 saturated carbocycles. The van der Waals surface area contributed by atoms with Crippen LogP contribution in [0.25, 0.3) is 0 Å². The van der Waals surface area contributed by atoms with Crippen LogP contribution < -0.4 is 0 Å². The van der Waals surface area contributed by atoms with Crippen LogP contribution in [0.2, 0.25) is 0 Å². The monoisotopic (exact) mass is 813 g/mol. The Morgan fingerprint density at radius 3 is 1.50 bits per heavy atom. The van der Waals surface area contributed by atoms with Crippen LogP contribution in [0, 0.1) is 0 Å². The fourth-order valence-electron chi connectivity index (χ4n) is 6.11. The first kappa shape index (κ1) is 54.4. The van der Waals surface area contributed by atoms with Crippen LogP contribution in [0.15, 0.2) is 48.6 Å². The molecule has 10 heteroatoms. The standard InChI is InChI=1S/C46H85O9P/c1-3-5-7-9-11-13-15-17-19-20-21-22-23-25-27-29-31-33-35-37-39-52-42-45(43-54-56(50,51)53-41-44(48)40-47)55-46(49)38-36-34-32-30-28-26-24-18-16-14-12-10-8-6-4-2/h6,8,12,14,18,24,28,30,44-45,47-48H,3-5,7,9-11,13,15-17,19-23,25-27,29,31-43H2,1-2H3,(H,50,51)/b8-6-,14-12-,24-18-,30-28-. The molecule has 0 rings (SSSR count). The highest BCUT2D eigenvalue weighted by molar-refractivity contribution is 7.47. The van der Waals surface area contributed by atoms with E-state index < -0.39 is 45.8 Å². The zero-order valence-corrected chi connectivity index (χ0v) is 36.7. The van der Waals surface area contributed by atoms with Gasteiger partial charge in [-0.15, -0.1) is 0 Å². The topological polar surface area (TPSA) is 132 Å². The van der Waals surface area contributed by atoms with Gasteiger partial charge in [0.1, 0.15) is 12.2 Å². The first-order valence-electron chi connectivity index (χ1n) is 22.6. The third kappa shape index (κ3) is 42.0. The van der Waals surface area contributed by atoms with Crippen molar-refractivity contribution in [1.29, 1.82) is 0 Å². The summed E-state index contributed by atoms with van der Waals surface area (Å²) in [7, 11) is -4.53. The van der Waals surface area contributed by atoms with Crippen molar-refractivity contribution in [3.05, 3.63) is 48.6 Å². The summed E-state index contributed by atoms with van der Waals surface area (Å²) in [4.78, 5) is 22.6. The van der Waals surface area contributed by atoms with Crippen LogP contribution >= 0.6 is 7.82 Å². The smallest absolute Gasteiger partial charge is 0.457 e. The average Bonchev–Trinajstić information content (AvgIpc) is 3.19. The van der Waals surface area contributed by atoms with Crippen LogP contribution in [0.3, 0.4) is 0 Å². The molecule has 3 atom stereocenters. The maximum atomic E-state index is 12.6. The van der Waals surface area contributed by atoms with E-state index in [1.54, 1.807) is 0 Å². The molecule has 3 N–H and O–H groups in total. The molecular weight excluding hydrogens is 727 g/mol. The van der Waals surface area contributed by atoms with Crippen LogP contribution in [0.4, 0.5) is 0 Å². The van der Waals surface area contributed by atoms with E-state index in [1.165, 1.54) is 109 Å². The molecule has 0 bridgehead atoms. The fraction of sp³-hybridized carbons (Fsp3) is 0.804. The summed E-state index contributed by atoms with van der Waals surface area (Å²) >= 11 is 0. The van der Waals surface area contributed by atoms with E-state index in [0.29, 0.717) is 13.0 Å². The molecule has 0 aliphatic carbocycles. The van der Waals surface area contributed by atoms with Gasteiger partial charge in [-0.3, -0.25) is 13.8 Å². The number of carbonyl (C=O) groups excluding carboxylic acids is 1. The zero-order valence-electron chi connectivity index (χ0n) is 35.8. The number of ether oxygens (including phenoxy) is 2. The van der Waals surface area contributed by atoms with Crippen LogP contribution in [0.1, 0.15) is 194 Å². The number of rotatable bonds is 43. The van der Waals surface area contributed by atoms with Gasteiger partial charge in [-0.25, -0.2) is 4.57 Å². The van der Waals surface area contributed by atoms with Gasteiger partial charge in [-0.05, 0) is 51.4 Å². The molecule has 0 aliphatic heterocycles. The molecule has 0 amide bonds. The molecule has 0 heterocycles. The summed E-state index contributed by atoms with van der Waals surface area (Å²) < 4.78 is 33.4. The maximum absolute atomic E-state index is 12.6. The van der Waals surface area contributed by atoms with Gasteiger partial charge in [-0.1, -0.05) is 184 Å². The highest BCUT2D eigenvalue weighted by Crippen LogP contribution is 2.43. The predicted molar refractivity (Wildman–Crippen MR) is 233 cm³/mol. The lowest BCUT2D eigenvalue weighted by molar-refractivity contribution is -0.154. The third-order valence-electron chi connectivity index (χ3n) is 9.53. The highest BCUT2D eigenvalue weighted by atomic mass is 31.2. The first-order valence-corrected chi connectivity index (χ1v) is 24.1. The molecule has 0 spiro atoms. The number of phosphoric acid groups is 1. The molecule has 0 radical (unpaired) electrons. The number of phosphoric ester groups is 1. The van der Waals surface area contributed by atoms with E-state index >= 15 is 0 Å². The summed E-state index contributed by atoms with van der Waals surface area (Å²) in [6, 6.07) is 0. The Labute approximate surface area is 343 Å². The van der Waals surface area contributed by atoms with Crippen molar-refractivity contribution < 1.29 is 43.0 Å². The SMILES string of the molecule is CC/C=C\C/C=C\C/C=C\C/C=C\CCCCC(=O)OC(COCCCCCCCCCCCCCCCCCCCCCC)COP(=O)(O)OCC(O)CO. The van der Waals surface area contributed by atoms with E-state index in [4.69, 9.17) is 23.6 Å². The van der Waals surface area contributed by atoms with Crippen molar-refractivity contribution in [2.45, 2.75) is 206 Å². The van der Waals surface area contributed by atoms with Gasteiger partial charge < -0.3 is 24.6 Å². The van der Waals surface area contributed by atoms with E-state index in [9.17, 15) is 19.4 Å². The lowest BCUT2D eigenvalue weighted by atomic mass is 10.0. The number of hydrogen-bond acceptors (Lipinski definition) is 8. The molecule has 0 aromatic heterocycles. The van der Waals surface area contributed by atoms with Crippen molar-refractivity contribution >= 4 is 13.8 Å². The molecule has 3 unspecified atom stereocenters. The highest BCUT2D eigenvalue weighted by Gasteiger charge is 2.26. The quantitative estimate of drug-likeness (QED) is 0.0238. The number of carbonyl (C=O) groups is 1. The minimum atomic E-state index is -4.53. The van der Waals surface area contributed by atoms with E-state index in [1.807, 2.05) is 0 Å². The van der Waals surface area contributed by atoms with Crippen molar-refractivity contribution in [2.75, 3.05) is 33.0 Å². The minimum absolute atomic E-state index is 0.0338. The normalized spacial score (nSPS) is 14.4. The van der Waals surface area contributed by atoms with Gasteiger partial charge >= 0.3 is 13.8 Å². The average molecular weight is 813 g/mol. The van der Waals surface area contributed by atoms with Crippen LogP contribution in [0.5, 0.6) is 0 Å². The Balaban J connectivity index is 4.16. The second kappa shape index (κ2) is 43.0. The Morgan fingerprint density at radius 1 is 0.571 bits per heavy atom. The zero-order chi connectivity index (χ0) is 41.1. The van der Waals surface area contributed by atoms with E-state index in [2.05, 4.69) is 62.5 Å². The van der Waals surface area contributed by atoms with Gasteiger partial charge in [0.05, 0.1) is 26.4 Å². The summed E-state index contributed by atoms with van der Waals surface area (Å²) in [5.41, 5.74) is 0. The molecule has 0 aliphatic rings. The lowest BCUT2D eigenvalue weighted by Gasteiger charge is -2.20. The summed E-state index contributed by atoms with van der Waals surface area (Å²) in [6.07, 6.45) is 48.0. The largest absolute Gasteiger partial charge is 0.472 e. The molecule has 0 aromatic rings. The van der Waals surface area contributed by atoms with Crippen LogP contribution in [-0.2, 0) is 27.9 Å². The second-order valence-electron chi connectivity index (χ2n) is 15.0. The summed E-state index contributed by atoms with van der Waals surface area (Å²) in [5.74, 6) is -0.421. The Hall–Kier alpha value is -1.58. The molecule has 0 fully saturated rings. The molecule has 328 valence electrons. The number of aliphatic hydroxyl groups is 2. The minimum Gasteiger partial charge on any atom is -0.457 e. The van der Waals surface area contributed by atoms with E-state index in [0.717, 1.165) is 57.8 Å². The molecule has 0 aromatic carbocycles. The third-order valence-corrected chi connectivity index (χ3v) is 10.5. The molecular formula is C46H85O9P. The molecule has 0 saturated heterocycles. The number of allylic oxidation sites excluding steroid dienone is 8. The number of hydrogen-bond donors (Lipinski definition) is 3. The van der Waals surface area contributed by atoms with Gasteiger partial charge in [0.25, 0.3) is 0 Å². The van der Waals surface area contributed by atoms with Crippen LogP contribution in [-0.4, -0.2) is 66.3 Å².